The minimum atomic E-state index is -0.173. The van der Waals surface area contributed by atoms with Gasteiger partial charge < -0.3 is 5.32 Å². The summed E-state index contributed by atoms with van der Waals surface area (Å²) in [4.78, 5) is 12.4. The largest absolute Gasteiger partial charge is 0.320 e. The first kappa shape index (κ1) is 11.7. The van der Waals surface area contributed by atoms with Crippen molar-refractivity contribution in [3.8, 4) is 0 Å². The van der Waals surface area contributed by atoms with Gasteiger partial charge in [-0.3, -0.25) is 15.0 Å². The topological polar surface area (TPSA) is 86.5 Å². The van der Waals surface area contributed by atoms with E-state index >= 15 is 0 Å². The van der Waals surface area contributed by atoms with Crippen molar-refractivity contribution in [1.82, 2.24) is 20.4 Å². The number of carbonyl (C=O) groups is 1. The van der Waals surface area contributed by atoms with Crippen molar-refractivity contribution in [3.05, 3.63) is 54.4 Å². The van der Waals surface area contributed by atoms with Crippen LogP contribution in [0.1, 0.15) is 10.4 Å². The molecule has 0 fully saturated rings. The molecule has 0 radical (unpaired) electrons. The zero-order valence-electron chi connectivity index (χ0n) is 10.9. The summed E-state index contributed by atoms with van der Waals surface area (Å²) < 4.78 is 0. The number of H-pyrrole nitrogens is 2. The normalized spacial score (nSPS) is 11.0. The van der Waals surface area contributed by atoms with Crippen molar-refractivity contribution in [3.63, 3.8) is 0 Å². The molecule has 102 valence electrons. The van der Waals surface area contributed by atoms with Crippen molar-refractivity contribution < 1.29 is 4.79 Å². The standard InChI is InChI=1S/C15H11N5O/c21-15(9-4-5-10-7-16-19-13(10)6-9)18-12-3-1-2-11-8-17-20-14(11)12/h1-8H,(H,16,19)(H,17,20)(H,18,21). The van der Waals surface area contributed by atoms with Gasteiger partial charge in [-0.05, 0) is 18.2 Å². The lowest BCUT2D eigenvalue weighted by Crippen LogP contribution is -2.12. The molecule has 0 aliphatic rings. The molecule has 0 spiro atoms. The fourth-order valence-electron chi connectivity index (χ4n) is 2.35. The smallest absolute Gasteiger partial charge is 0.255 e. The van der Waals surface area contributed by atoms with Gasteiger partial charge in [-0.25, -0.2) is 0 Å². The summed E-state index contributed by atoms with van der Waals surface area (Å²) in [5.41, 5.74) is 2.93. The van der Waals surface area contributed by atoms with Gasteiger partial charge in [0.25, 0.3) is 5.91 Å². The fraction of sp³-hybridized carbons (Fsp3) is 0. The number of rotatable bonds is 2. The molecule has 21 heavy (non-hydrogen) atoms. The number of benzene rings is 2. The SMILES string of the molecule is O=C(Nc1cccc2cn[nH]c12)c1ccc2cn[nH]c2c1. The summed E-state index contributed by atoms with van der Waals surface area (Å²) in [7, 11) is 0. The third kappa shape index (κ3) is 1.93. The molecule has 0 aliphatic carbocycles. The van der Waals surface area contributed by atoms with Gasteiger partial charge in [0.05, 0.1) is 29.1 Å². The van der Waals surface area contributed by atoms with E-state index in [9.17, 15) is 4.79 Å². The van der Waals surface area contributed by atoms with E-state index < -0.39 is 0 Å². The number of hydrogen-bond donors (Lipinski definition) is 3. The Morgan fingerprint density at radius 1 is 1.00 bits per heavy atom. The van der Waals surface area contributed by atoms with Gasteiger partial charge in [-0.15, -0.1) is 0 Å². The Hall–Kier alpha value is -3.15. The Labute approximate surface area is 119 Å². The van der Waals surface area contributed by atoms with Crippen molar-refractivity contribution >= 4 is 33.4 Å². The Balaban J connectivity index is 1.70. The fourth-order valence-corrected chi connectivity index (χ4v) is 2.35. The molecule has 0 aliphatic heterocycles. The van der Waals surface area contributed by atoms with E-state index in [0.717, 1.165) is 21.8 Å². The van der Waals surface area contributed by atoms with Crippen molar-refractivity contribution in [2.24, 2.45) is 0 Å². The average Bonchev–Trinajstić information content (AvgIpc) is 3.15. The third-order valence-electron chi connectivity index (χ3n) is 3.43. The van der Waals surface area contributed by atoms with Crippen LogP contribution in [0.2, 0.25) is 0 Å². The highest BCUT2D eigenvalue weighted by Crippen LogP contribution is 2.21. The molecular weight excluding hydrogens is 266 g/mol. The predicted molar refractivity (Wildman–Crippen MR) is 80.1 cm³/mol. The average molecular weight is 277 g/mol. The molecular formula is C15H11N5O. The number of nitrogens with one attached hydrogen (secondary N) is 3. The summed E-state index contributed by atoms with van der Waals surface area (Å²) in [5.74, 6) is -0.173. The van der Waals surface area contributed by atoms with E-state index in [4.69, 9.17) is 0 Å². The van der Waals surface area contributed by atoms with Gasteiger partial charge >= 0.3 is 0 Å². The molecule has 0 saturated carbocycles. The number of aromatic amines is 2. The Kier molecular flexibility index (Phi) is 2.47. The molecule has 6 nitrogen and oxygen atoms in total. The summed E-state index contributed by atoms with van der Waals surface area (Å²) in [6.45, 7) is 0. The van der Waals surface area contributed by atoms with Gasteiger partial charge in [0, 0.05) is 16.3 Å². The maximum Gasteiger partial charge on any atom is 0.255 e. The monoisotopic (exact) mass is 277 g/mol. The maximum absolute atomic E-state index is 12.4. The maximum atomic E-state index is 12.4. The zero-order chi connectivity index (χ0) is 14.2. The van der Waals surface area contributed by atoms with E-state index in [1.54, 1.807) is 24.5 Å². The lowest BCUT2D eigenvalue weighted by molar-refractivity contribution is 0.102. The second-order valence-electron chi connectivity index (χ2n) is 4.77. The number of anilines is 1. The van der Waals surface area contributed by atoms with Crippen LogP contribution in [0.15, 0.2) is 48.8 Å². The molecule has 3 N–H and O–H groups in total. The minimum Gasteiger partial charge on any atom is -0.320 e. The number of fused-ring (bicyclic) bond motifs is 2. The van der Waals surface area contributed by atoms with Crippen LogP contribution in [-0.4, -0.2) is 26.3 Å². The van der Waals surface area contributed by atoms with Crippen molar-refractivity contribution in [1.29, 1.82) is 0 Å². The van der Waals surface area contributed by atoms with Gasteiger partial charge in [0.2, 0.25) is 0 Å². The number of para-hydroxylation sites is 1. The predicted octanol–water partition coefficient (Wildman–Crippen LogP) is 2.69. The van der Waals surface area contributed by atoms with E-state index in [1.807, 2.05) is 24.3 Å². The summed E-state index contributed by atoms with van der Waals surface area (Å²) in [6.07, 6.45) is 3.45. The lowest BCUT2D eigenvalue weighted by atomic mass is 10.1. The van der Waals surface area contributed by atoms with E-state index in [-0.39, 0.29) is 5.91 Å². The molecule has 2 aromatic carbocycles. The molecule has 2 aromatic heterocycles. The first-order chi connectivity index (χ1) is 10.3. The lowest BCUT2D eigenvalue weighted by Gasteiger charge is -2.06. The van der Waals surface area contributed by atoms with Crippen LogP contribution in [0.25, 0.3) is 21.8 Å². The number of hydrogen-bond acceptors (Lipinski definition) is 3. The second-order valence-corrected chi connectivity index (χ2v) is 4.77. The van der Waals surface area contributed by atoms with Gasteiger partial charge in [0.15, 0.2) is 0 Å². The van der Waals surface area contributed by atoms with Crippen LogP contribution >= 0.6 is 0 Å². The molecule has 4 aromatic rings. The number of aromatic nitrogens is 4. The first-order valence-electron chi connectivity index (χ1n) is 6.48. The first-order valence-corrected chi connectivity index (χ1v) is 6.48. The number of nitrogens with zero attached hydrogens (tertiary/aromatic N) is 2. The van der Waals surface area contributed by atoms with Crippen LogP contribution in [-0.2, 0) is 0 Å². The number of amides is 1. The van der Waals surface area contributed by atoms with Crippen LogP contribution < -0.4 is 5.32 Å². The third-order valence-corrected chi connectivity index (χ3v) is 3.43. The quantitative estimate of drug-likeness (QED) is 0.526. The Morgan fingerprint density at radius 2 is 1.86 bits per heavy atom. The molecule has 1 amide bonds. The molecule has 0 unspecified atom stereocenters. The van der Waals surface area contributed by atoms with E-state index in [0.29, 0.717) is 11.3 Å². The van der Waals surface area contributed by atoms with Gasteiger partial charge in [0.1, 0.15) is 0 Å². The molecule has 6 heteroatoms. The molecule has 4 rings (SSSR count). The Morgan fingerprint density at radius 3 is 2.81 bits per heavy atom. The highest BCUT2D eigenvalue weighted by Gasteiger charge is 2.10. The highest BCUT2D eigenvalue weighted by molar-refractivity contribution is 6.09. The van der Waals surface area contributed by atoms with Crippen LogP contribution in [0.5, 0.6) is 0 Å². The van der Waals surface area contributed by atoms with E-state index in [2.05, 4.69) is 25.7 Å². The van der Waals surface area contributed by atoms with Gasteiger partial charge in [-0.2, -0.15) is 10.2 Å². The summed E-state index contributed by atoms with van der Waals surface area (Å²) in [5, 5.41) is 18.5. The highest BCUT2D eigenvalue weighted by atomic mass is 16.1. The molecule has 0 bridgehead atoms. The van der Waals surface area contributed by atoms with Crippen LogP contribution in [0.4, 0.5) is 5.69 Å². The van der Waals surface area contributed by atoms with Gasteiger partial charge in [-0.1, -0.05) is 18.2 Å². The minimum absolute atomic E-state index is 0.173. The Bertz CT molecular complexity index is 953. The van der Waals surface area contributed by atoms with Crippen molar-refractivity contribution in [2.45, 2.75) is 0 Å². The summed E-state index contributed by atoms with van der Waals surface area (Å²) in [6, 6.07) is 11.1. The second kappa shape index (κ2) is 4.45. The summed E-state index contributed by atoms with van der Waals surface area (Å²) >= 11 is 0. The molecule has 0 atom stereocenters. The number of carbonyl (C=O) groups excluding carboxylic acids is 1. The zero-order valence-corrected chi connectivity index (χ0v) is 10.9. The molecule has 0 saturated heterocycles. The van der Waals surface area contributed by atoms with E-state index in [1.165, 1.54) is 0 Å². The van der Waals surface area contributed by atoms with Crippen LogP contribution in [0, 0.1) is 0 Å². The van der Waals surface area contributed by atoms with Crippen LogP contribution in [0.3, 0.4) is 0 Å². The van der Waals surface area contributed by atoms with Crippen molar-refractivity contribution in [2.75, 3.05) is 5.32 Å². The molecule has 2 heterocycles.